The summed E-state index contributed by atoms with van der Waals surface area (Å²) in [6, 6.07) is 13.1. The molecule has 0 aliphatic heterocycles. The lowest BCUT2D eigenvalue weighted by Crippen LogP contribution is -1.97. The number of benzene rings is 1. The Bertz CT molecular complexity index is 1310. The van der Waals surface area contributed by atoms with Crippen LogP contribution >= 0.6 is 22.7 Å². The molecular formula is C42H58N2S2. The fourth-order valence-corrected chi connectivity index (χ4v) is 7.71. The molecule has 248 valence electrons. The standard InChI is InChI=1S/C42H58N2S2/c1-3-5-7-9-11-13-15-17-19-21-23-27-37-38(28-24-22-20-18-16-14-12-10-8-6-4-2)44-42-36(40-30-26-34-46-40)32-31-35(41(42)43-37)39-29-25-33-45-39/h23-34H,3-22H2,1-2H3/b27-23+,28-24+. The van der Waals surface area contributed by atoms with Gasteiger partial charge in [0.25, 0.3) is 0 Å². The van der Waals surface area contributed by atoms with Crippen LogP contribution in [0.5, 0.6) is 0 Å². The summed E-state index contributed by atoms with van der Waals surface area (Å²) < 4.78 is 0. The molecule has 0 aliphatic rings. The van der Waals surface area contributed by atoms with Crippen molar-refractivity contribution in [3.63, 3.8) is 0 Å². The minimum atomic E-state index is 0.993. The molecule has 3 heterocycles. The molecule has 0 N–H and O–H groups in total. The van der Waals surface area contributed by atoms with Crippen LogP contribution in [0.4, 0.5) is 0 Å². The van der Waals surface area contributed by atoms with Crippen molar-refractivity contribution in [2.24, 2.45) is 0 Å². The molecule has 0 atom stereocenters. The number of rotatable bonds is 24. The highest BCUT2D eigenvalue weighted by Gasteiger charge is 2.16. The molecule has 0 saturated carbocycles. The lowest BCUT2D eigenvalue weighted by molar-refractivity contribution is 0.566. The van der Waals surface area contributed by atoms with Crippen molar-refractivity contribution in [1.29, 1.82) is 0 Å². The van der Waals surface area contributed by atoms with E-state index in [1.807, 2.05) is 0 Å². The minimum absolute atomic E-state index is 0.993. The summed E-state index contributed by atoms with van der Waals surface area (Å²) in [5.74, 6) is 0. The van der Waals surface area contributed by atoms with Gasteiger partial charge in [-0.3, -0.25) is 0 Å². The van der Waals surface area contributed by atoms with E-state index < -0.39 is 0 Å². The third-order valence-corrected chi connectivity index (χ3v) is 10.8. The van der Waals surface area contributed by atoms with Gasteiger partial charge >= 0.3 is 0 Å². The second kappa shape index (κ2) is 22.1. The second-order valence-corrected chi connectivity index (χ2v) is 14.7. The zero-order valence-corrected chi connectivity index (χ0v) is 30.4. The Hall–Kier alpha value is -2.56. The van der Waals surface area contributed by atoms with Crippen molar-refractivity contribution in [3.05, 3.63) is 70.7 Å². The van der Waals surface area contributed by atoms with Crippen molar-refractivity contribution in [1.82, 2.24) is 9.97 Å². The fraction of sp³-hybridized carbons (Fsp3) is 0.524. The zero-order valence-electron chi connectivity index (χ0n) is 28.8. The average molecular weight is 655 g/mol. The number of allylic oxidation sites excluding steroid dienone is 2. The highest BCUT2D eigenvalue weighted by molar-refractivity contribution is 7.14. The monoisotopic (exact) mass is 654 g/mol. The molecule has 4 rings (SSSR count). The SMILES string of the molecule is CCCCCCCCCCC/C=C/c1nc2c(-c3cccs3)ccc(-c3cccs3)c2nc1/C=C/CCCCCCCCCCC. The fourth-order valence-electron chi connectivity index (χ4n) is 6.20. The highest BCUT2D eigenvalue weighted by Crippen LogP contribution is 2.37. The Balaban J connectivity index is 1.46. The zero-order chi connectivity index (χ0) is 32.1. The van der Waals surface area contributed by atoms with Gasteiger partial charge in [0.15, 0.2) is 0 Å². The van der Waals surface area contributed by atoms with Gasteiger partial charge in [0.05, 0.1) is 22.4 Å². The predicted molar refractivity (Wildman–Crippen MR) is 208 cm³/mol. The Morgan fingerprint density at radius 1 is 0.478 bits per heavy atom. The normalized spacial score (nSPS) is 12.0. The molecule has 0 bridgehead atoms. The molecule has 46 heavy (non-hydrogen) atoms. The summed E-state index contributed by atoms with van der Waals surface area (Å²) in [6.07, 6.45) is 35.9. The van der Waals surface area contributed by atoms with Crippen LogP contribution < -0.4 is 0 Å². The average Bonchev–Trinajstić information content (AvgIpc) is 3.81. The Morgan fingerprint density at radius 3 is 1.20 bits per heavy atom. The maximum atomic E-state index is 5.37. The molecule has 0 radical (unpaired) electrons. The molecule has 0 unspecified atom stereocenters. The summed E-state index contributed by atoms with van der Waals surface area (Å²) in [5.41, 5.74) is 6.35. The van der Waals surface area contributed by atoms with Crippen LogP contribution in [-0.4, -0.2) is 9.97 Å². The lowest BCUT2D eigenvalue weighted by Gasteiger charge is -2.11. The van der Waals surface area contributed by atoms with Crippen LogP contribution in [0.3, 0.4) is 0 Å². The van der Waals surface area contributed by atoms with Gasteiger partial charge in [-0.1, -0.05) is 153 Å². The second-order valence-electron chi connectivity index (χ2n) is 12.8. The number of hydrogen-bond donors (Lipinski definition) is 0. The van der Waals surface area contributed by atoms with Crippen LogP contribution in [0.2, 0.25) is 0 Å². The van der Waals surface area contributed by atoms with E-state index in [4.69, 9.17) is 9.97 Å². The number of nitrogens with zero attached hydrogens (tertiary/aromatic N) is 2. The summed E-state index contributed by atoms with van der Waals surface area (Å²) >= 11 is 3.55. The van der Waals surface area contributed by atoms with E-state index in [0.29, 0.717) is 0 Å². The number of fused-ring (bicyclic) bond motifs is 1. The maximum absolute atomic E-state index is 5.37. The van der Waals surface area contributed by atoms with Crippen molar-refractivity contribution < 1.29 is 0 Å². The van der Waals surface area contributed by atoms with Crippen molar-refractivity contribution in [3.8, 4) is 20.9 Å². The summed E-state index contributed by atoms with van der Waals surface area (Å²) in [4.78, 5) is 13.2. The topological polar surface area (TPSA) is 25.8 Å². The van der Waals surface area contributed by atoms with Crippen molar-refractivity contribution >= 4 is 45.9 Å². The molecule has 0 fully saturated rings. The van der Waals surface area contributed by atoms with Crippen LogP contribution in [0.15, 0.2) is 59.3 Å². The number of unbranched alkanes of at least 4 members (excludes halogenated alkanes) is 18. The molecule has 4 aromatic rings. The Labute approximate surface area is 288 Å². The van der Waals surface area contributed by atoms with E-state index >= 15 is 0 Å². The van der Waals surface area contributed by atoms with Gasteiger partial charge in [-0.25, -0.2) is 9.97 Å². The number of aromatic nitrogens is 2. The Morgan fingerprint density at radius 2 is 0.848 bits per heavy atom. The lowest BCUT2D eigenvalue weighted by atomic mass is 10.0. The third kappa shape index (κ3) is 12.2. The molecule has 1 aromatic carbocycles. The first-order valence-corrected chi connectivity index (χ1v) is 20.3. The molecule has 0 aliphatic carbocycles. The van der Waals surface area contributed by atoms with Crippen LogP contribution in [0.25, 0.3) is 44.1 Å². The van der Waals surface area contributed by atoms with E-state index in [1.165, 1.54) is 136 Å². The van der Waals surface area contributed by atoms with Crippen molar-refractivity contribution in [2.45, 2.75) is 142 Å². The van der Waals surface area contributed by atoms with E-state index in [2.05, 4.69) is 85.3 Å². The van der Waals surface area contributed by atoms with E-state index in [1.54, 1.807) is 22.7 Å². The molecule has 0 saturated heterocycles. The van der Waals surface area contributed by atoms with Gasteiger partial charge in [-0.2, -0.15) is 0 Å². The number of hydrogen-bond acceptors (Lipinski definition) is 4. The molecule has 4 heteroatoms. The third-order valence-electron chi connectivity index (χ3n) is 8.95. The highest BCUT2D eigenvalue weighted by atomic mass is 32.1. The van der Waals surface area contributed by atoms with Gasteiger partial charge in [0, 0.05) is 20.9 Å². The van der Waals surface area contributed by atoms with Gasteiger partial charge < -0.3 is 0 Å². The first-order chi connectivity index (χ1) is 22.8. The molecule has 0 spiro atoms. The van der Waals surface area contributed by atoms with Gasteiger partial charge in [-0.15, -0.1) is 22.7 Å². The van der Waals surface area contributed by atoms with Gasteiger partial charge in [-0.05, 0) is 60.7 Å². The Kier molecular flexibility index (Phi) is 17.4. The molecule has 0 amide bonds. The first kappa shape index (κ1) is 36.3. The molecular weight excluding hydrogens is 597 g/mol. The quantitative estimate of drug-likeness (QED) is 0.0703. The van der Waals surface area contributed by atoms with Crippen LogP contribution in [0.1, 0.15) is 154 Å². The predicted octanol–water partition coefficient (Wildman–Crippen LogP) is 15.0. The van der Waals surface area contributed by atoms with E-state index in [9.17, 15) is 0 Å². The van der Waals surface area contributed by atoms with Crippen LogP contribution in [0, 0.1) is 0 Å². The van der Waals surface area contributed by atoms with Gasteiger partial charge in [0.2, 0.25) is 0 Å². The van der Waals surface area contributed by atoms with E-state index in [0.717, 1.165) is 35.3 Å². The van der Waals surface area contributed by atoms with Gasteiger partial charge in [0.1, 0.15) is 0 Å². The largest absolute Gasteiger partial charge is 0.244 e. The summed E-state index contributed by atoms with van der Waals surface area (Å²) in [7, 11) is 0. The summed E-state index contributed by atoms with van der Waals surface area (Å²) in [5, 5.41) is 4.30. The maximum Gasteiger partial charge on any atom is 0.0987 e. The van der Waals surface area contributed by atoms with Crippen LogP contribution in [-0.2, 0) is 0 Å². The van der Waals surface area contributed by atoms with E-state index in [-0.39, 0.29) is 0 Å². The minimum Gasteiger partial charge on any atom is -0.244 e. The number of thiophene rings is 2. The first-order valence-electron chi connectivity index (χ1n) is 18.6. The van der Waals surface area contributed by atoms with Crippen molar-refractivity contribution in [2.75, 3.05) is 0 Å². The molecule has 3 aromatic heterocycles. The molecule has 2 nitrogen and oxygen atoms in total. The smallest absolute Gasteiger partial charge is 0.0987 e. The summed E-state index contributed by atoms with van der Waals surface area (Å²) in [6.45, 7) is 4.58.